The second kappa shape index (κ2) is 9.76. The zero-order valence-corrected chi connectivity index (χ0v) is 16.3. The molecule has 0 spiro atoms. The SMILES string of the molecule is CN(C)S(=O)(=O)c1cccc(NC(=O)COC(=O)CCNc2ncccn2)c1. The first-order chi connectivity index (χ1) is 13.3. The number of sulfonamides is 1. The van der Waals surface area contributed by atoms with E-state index in [0.717, 1.165) is 4.31 Å². The molecule has 1 amide bonds. The summed E-state index contributed by atoms with van der Waals surface area (Å²) in [5.74, 6) is -0.754. The Bertz CT molecular complexity index is 919. The number of nitrogens with one attached hydrogen (secondary N) is 2. The minimum absolute atomic E-state index is 0.0299. The molecule has 0 atom stereocenters. The van der Waals surface area contributed by atoms with Gasteiger partial charge in [-0.15, -0.1) is 0 Å². The molecule has 0 saturated carbocycles. The highest BCUT2D eigenvalue weighted by atomic mass is 32.2. The molecule has 0 saturated heterocycles. The van der Waals surface area contributed by atoms with Crippen molar-refractivity contribution >= 4 is 33.5 Å². The summed E-state index contributed by atoms with van der Waals surface area (Å²) in [5.41, 5.74) is 0.284. The van der Waals surface area contributed by atoms with Crippen molar-refractivity contribution < 1.29 is 22.7 Å². The molecule has 11 heteroatoms. The number of nitrogens with zero attached hydrogens (tertiary/aromatic N) is 3. The van der Waals surface area contributed by atoms with Crippen molar-refractivity contribution in [1.82, 2.24) is 14.3 Å². The fourth-order valence-corrected chi connectivity index (χ4v) is 2.98. The monoisotopic (exact) mass is 407 g/mol. The molecule has 10 nitrogen and oxygen atoms in total. The van der Waals surface area contributed by atoms with Gasteiger partial charge in [0.15, 0.2) is 6.61 Å². The number of aromatic nitrogens is 2. The molecule has 2 aromatic rings. The van der Waals surface area contributed by atoms with Gasteiger partial charge in [0.05, 0.1) is 11.3 Å². The number of ether oxygens (including phenoxy) is 1. The van der Waals surface area contributed by atoms with Crippen LogP contribution in [-0.4, -0.2) is 61.8 Å². The van der Waals surface area contributed by atoms with Gasteiger partial charge in [-0.1, -0.05) is 6.07 Å². The molecule has 0 fully saturated rings. The number of carbonyl (C=O) groups excluding carboxylic acids is 2. The lowest BCUT2D eigenvalue weighted by molar-refractivity contribution is -0.147. The highest BCUT2D eigenvalue weighted by molar-refractivity contribution is 7.89. The maximum absolute atomic E-state index is 12.1. The Labute approximate surface area is 163 Å². The summed E-state index contributed by atoms with van der Waals surface area (Å²) in [6.45, 7) is -0.222. The second-order valence-electron chi connectivity index (χ2n) is 5.77. The van der Waals surface area contributed by atoms with E-state index in [2.05, 4.69) is 20.6 Å². The van der Waals surface area contributed by atoms with Crippen LogP contribution in [0.4, 0.5) is 11.6 Å². The van der Waals surface area contributed by atoms with E-state index in [4.69, 9.17) is 4.74 Å². The summed E-state index contributed by atoms with van der Waals surface area (Å²) in [6.07, 6.45) is 3.16. The number of hydrogen-bond acceptors (Lipinski definition) is 8. The summed E-state index contributed by atoms with van der Waals surface area (Å²) in [7, 11) is -0.784. The van der Waals surface area contributed by atoms with Gasteiger partial charge in [-0.3, -0.25) is 9.59 Å². The Morgan fingerprint density at radius 3 is 2.54 bits per heavy atom. The van der Waals surface area contributed by atoms with E-state index in [9.17, 15) is 18.0 Å². The van der Waals surface area contributed by atoms with Gasteiger partial charge in [0, 0.05) is 38.7 Å². The quantitative estimate of drug-likeness (QED) is 0.581. The first-order valence-corrected chi connectivity index (χ1v) is 9.72. The third-order valence-corrected chi connectivity index (χ3v) is 5.25. The fraction of sp³-hybridized carbons (Fsp3) is 0.294. The zero-order chi connectivity index (χ0) is 20.6. The third-order valence-electron chi connectivity index (χ3n) is 3.44. The molecule has 0 aliphatic heterocycles. The summed E-state index contributed by atoms with van der Waals surface area (Å²) < 4.78 is 30.2. The molecule has 0 bridgehead atoms. The molecular weight excluding hydrogens is 386 g/mol. The number of hydrogen-bond donors (Lipinski definition) is 2. The molecule has 28 heavy (non-hydrogen) atoms. The van der Waals surface area contributed by atoms with Gasteiger partial charge >= 0.3 is 5.97 Å². The number of benzene rings is 1. The van der Waals surface area contributed by atoms with Crippen molar-refractivity contribution in [3.8, 4) is 0 Å². The van der Waals surface area contributed by atoms with Crippen LogP contribution in [0, 0.1) is 0 Å². The minimum Gasteiger partial charge on any atom is -0.456 e. The van der Waals surface area contributed by atoms with Crippen LogP contribution < -0.4 is 10.6 Å². The normalized spacial score (nSPS) is 11.1. The minimum atomic E-state index is -3.61. The Kier molecular flexibility index (Phi) is 7.41. The van der Waals surface area contributed by atoms with Crippen LogP contribution in [-0.2, 0) is 24.3 Å². The van der Waals surface area contributed by atoms with Gasteiger partial charge in [0.2, 0.25) is 16.0 Å². The number of anilines is 2. The van der Waals surface area contributed by atoms with E-state index in [1.165, 1.54) is 38.4 Å². The van der Waals surface area contributed by atoms with E-state index in [1.807, 2.05) is 0 Å². The van der Waals surface area contributed by atoms with Crippen LogP contribution in [0.15, 0.2) is 47.6 Å². The van der Waals surface area contributed by atoms with Crippen LogP contribution in [0.5, 0.6) is 0 Å². The van der Waals surface area contributed by atoms with Gasteiger partial charge in [0.1, 0.15) is 0 Å². The summed E-state index contributed by atoms with van der Waals surface area (Å²) in [5, 5.41) is 5.34. The predicted molar refractivity (Wildman–Crippen MR) is 102 cm³/mol. The third kappa shape index (κ3) is 6.28. The fourth-order valence-electron chi connectivity index (χ4n) is 2.03. The predicted octanol–water partition coefficient (Wildman–Crippen LogP) is 0.711. The topological polar surface area (TPSA) is 131 Å². The van der Waals surface area contributed by atoms with E-state index < -0.39 is 28.5 Å². The Morgan fingerprint density at radius 1 is 1.14 bits per heavy atom. The lowest BCUT2D eigenvalue weighted by Crippen LogP contribution is -2.23. The Hall–Kier alpha value is -3.05. The highest BCUT2D eigenvalue weighted by Crippen LogP contribution is 2.17. The lowest BCUT2D eigenvalue weighted by Gasteiger charge is -2.12. The molecule has 0 radical (unpaired) electrons. The van der Waals surface area contributed by atoms with Gasteiger partial charge in [-0.25, -0.2) is 22.7 Å². The van der Waals surface area contributed by atoms with E-state index in [0.29, 0.717) is 5.95 Å². The number of amides is 1. The number of carbonyl (C=O) groups is 2. The molecule has 0 aliphatic rings. The first kappa shape index (κ1) is 21.3. The van der Waals surface area contributed by atoms with Gasteiger partial charge in [-0.05, 0) is 24.3 Å². The van der Waals surface area contributed by atoms with Crippen LogP contribution in [0.2, 0.25) is 0 Å². The highest BCUT2D eigenvalue weighted by Gasteiger charge is 2.17. The van der Waals surface area contributed by atoms with Crippen LogP contribution >= 0.6 is 0 Å². The first-order valence-electron chi connectivity index (χ1n) is 8.28. The van der Waals surface area contributed by atoms with E-state index >= 15 is 0 Å². The van der Waals surface area contributed by atoms with Gasteiger partial charge in [-0.2, -0.15) is 0 Å². The molecule has 150 valence electrons. The van der Waals surface area contributed by atoms with Crippen LogP contribution in [0.1, 0.15) is 6.42 Å². The van der Waals surface area contributed by atoms with E-state index in [-0.39, 0.29) is 23.5 Å². The maximum Gasteiger partial charge on any atom is 0.308 e. The molecular formula is C17H21N5O5S. The number of rotatable bonds is 9. The Balaban J connectivity index is 1.78. The average Bonchev–Trinajstić information content (AvgIpc) is 2.67. The lowest BCUT2D eigenvalue weighted by atomic mass is 10.3. The molecule has 0 aliphatic carbocycles. The molecule has 2 N–H and O–H groups in total. The smallest absolute Gasteiger partial charge is 0.308 e. The van der Waals surface area contributed by atoms with Crippen LogP contribution in [0.3, 0.4) is 0 Å². The van der Waals surface area contributed by atoms with Crippen molar-refractivity contribution in [3.63, 3.8) is 0 Å². The molecule has 1 aromatic carbocycles. The van der Waals surface area contributed by atoms with Crippen LogP contribution in [0.25, 0.3) is 0 Å². The molecule has 0 unspecified atom stereocenters. The maximum atomic E-state index is 12.1. The van der Waals surface area contributed by atoms with Crippen molar-refractivity contribution in [2.45, 2.75) is 11.3 Å². The van der Waals surface area contributed by atoms with Crippen molar-refractivity contribution in [3.05, 3.63) is 42.7 Å². The molecule has 2 rings (SSSR count). The van der Waals surface area contributed by atoms with Crippen molar-refractivity contribution in [2.24, 2.45) is 0 Å². The number of esters is 1. The summed E-state index contributed by atoms with van der Waals surface area (Å²) >= 11 is 0. The summed E-state index contributed by atoms with van der Waals surface area (Å²) in [4.78, 5) is 31.5. The Morgan fingerprint density at radius 2 is 1.86 bits per heavy atom. The second-order valence-corrected chi connectivity index (χ2v) is 7.93. The zero-order valence-electron chi connectivity index (χ0n) is 15.5. The average molecular weight is 407 g/mol. The largest absolute Gasteiger partial charge is 0.456 e. The summed E-state index contributed by atoms with van der Waals surface area (Å²) in [6, 6.07) is 7.48. The molecule has 1 aromatic heterocycles. The van der Waals surface area contributed by atoms with E-state index in [1.54, 1.807) is 18.5 Å². The molecule has 1 heterocycles. The van der Waals surface area contributed by atoms with Crippen molar-refractivity contribution in [1.29, 1.82) is 0 Å². The van der Waals surface area contributed by atoms with Gasteiger partial charge < -0.3 is 15.4 Å². The standard InChI is InChI=1S/C17H21N5O5S/c1-22(2)28(25,26)14-6-3-5-13(11-14)21-15(23)12-27-16(24)7-10-20-17-18-8-4-9-19-17/h3-6,8-9,11H,7,10,12H2,1-2H3,(H,21,23)(H,18,19,20). The van der Waals surface area contributed by atoms with Gasteiger partial charge in [0.25, 0.3) is 5.91 Å². The van der Waals surface area contributed by atoms with Crippen molar-refractivity contribution in [2.75, 3.05) is 37.9 Å².